The third-order valence-electron chi connectivity index (χ3n) is 2.73. The first-order valence-corrected chi connectivity index (χ1v) is 6.06. The Balaban J connectivity index is 2.12. The number of rotatable bonds is 4. The third-order valence-corrected chi connectivity index (χ3v) is 2.73. The molecule has 1 heterocycles. The monoisotopic (exact) mass is 262 g/mol. The minimum atomic E-state index is -0.631. The Morgan fingerprint density at radius 3 is 2.84 bits per heavy atom. The van der Waals surface area contributed by atoms with Crippen LogP contribution in [-0.2, 0) is 4.74 Å². The van der Waals surface area contributed by atoms with E-state index in [4.69, 9.17) is 4.74 Å². The smallest absolute Gasteiger partial charge is 0.411 e. The van der Waals surface area contributed by atoms with E-state index in [9.17, 15) is 14.4 Å². The molecule has 1 aliphatic heterocycles. The maximum Gasteiger partial charge on any atom is 0.411 e. The van der Waals surface area contributed by atoms with Gasteiger partial charge in [0.25, 0.3) is 11.8 Å². The maximum absolute atomic E-state index is 11.6. The fourth-order valence-corrected chi connectivity index (χ4v) is 1.78. The lowest BCUT2D eigenvalue weighted by Gasteiger charge is -2.08. The van der Waals surface area contributed by atoms with E-state index >= 15 is 0 Å². The third kappa shape index (κ3) is 2.73. The minimum Gasteiger partial charge on any atom is -0.449 e. The molecule has 100 valence electrons. The first-order chi connectivity index (χ1) is 9.13. The van der Waals surface area contributed by atoms with Gasteiger partial charge >= 0.3 is 6.09 Å². The summed E-state index contributed by atoms with van der Waals surface area (Å²) in [5, 5.41) is 4.66. The average molecular weight is 262 g/mol. The number of benzene rings is 1. The van der Waals surface area contributed by atoms with E-state index in [1.165, 1.54) is 6.07 Å². The lowest BCUT2D eigenvalue weighted by Crippen LogP contribution is -2.21. The molecule has 0 aliphatic carbocycles. The first-order valence-electron chi connectivity index (χ1n) is 6.06. The Kier molecular flexibility index (Phi) is 3.79. The van der Waals surface area contributed by atoms with Crippen molar-refractivity contribution < 1.29 is 19.1 Å². The molecule has 0 spiro atoms. The zero-order valence-corrected chi connectivity index (χ0v) is 10.5. The van der Waals surface area contributed by atoms with E-state index in [2.05, 4.69) is 10.6 Å². The summed E-state index contributed by atoms with van der Waals surface area (Å²) in [5.74, 6) is -0.965. The molecule has 0 saturated carbocycles. The van der Waals surface area contributed by atoms with E-state index in [0.717, 1.165) is 12.8 Å². The molecule has 2 rings (SSSR count). The highest BCUT2D eigenvalue weighted by Crippen LogP contribution is 2.24. The fraction of sp³-hybridized carbons (Fsp3) is 0.308. The predicted octanol–water partition coefficient (Wildman–Crippen LogP) is 1.92. The number of amides is 3. The zero-order chi connectivity index (χ0) is 13.8. The number of carbonyl (C=O) groups is 3. The molecule has 0 radical (unpaired) electrons. The number of imide groups is 1. The molecule has 1 aliphatic rings. The number of ether oxygens (including phenoxy) is 1. The molecule has 0 unspecified atom stereocenters. The van der Waals surface area contributed by atoms with Crippen molar-refractivity contribution in [3.05, 3.63) is 29.3 Å². The van der Waals surface area contributed by atoms with Gasteiger partial charge in [-0.3, -0.25) is 20.2 Å². The molecule has 0 saturated heterocycles. The highest BCUT2D eigenvalue weighted by Gasteiger charge is 2.29. The van der Waals surface area contributed by atoms with Crippen LogP contribution in [0.25, 0.3) is 0 Å². The maximum atomic E-state index is 11.6. The number of hydrogen-bond donors (Lipinski definition) is 2. The van der Waals surface area contributed by atoms with E-state index < -0.39 is 17.9 Å². The summed E-state index contributed by atoms with van der Waals surface area (Å²) in [4.78, 5) is 34.6. The Labute approximate surface area is 110 Å². The molecular weight excluding hydrogens is 248 g/mol. The van der Waals surface area contributed by atoms with E-state index in [0.29, 0.717) is 6.61 Å². The van der Waals surface area contributed by atoms with Crippen LogP contribution >= 0.6 is 0 Å². The van der Waals surface area contributed by atoms with Gasteiger partial charge in [-0.05, 0) is 18.6 Å². The van der Waals surface area contributed by atoms with Gasteiger partial charge in [-0.25, -0.2) is 4.79 Å². The highest BCUT2D eigenvalue weighted by molar-refractivity contribution is 6.24. The van der Waals surface area contributed by atoms with Crippen LogP contribution in [0.2, 0.25) is 0 Å². The highest BCUT2D eigenvalue weighted by atomic mass is 16.5. The largest absolute Gasteiger partial charge is 0.449 e. The predicted molar refractivity (Wildman–Crippen MR) is 68.1 cm³/mol. The lowest BCUT2D eigenvalue weighted by molar-refractivity contribution is 0.0880. The van der Waals surface area contributed by atoms with Crippen LogP contribution in [0.3, 0.4) is 0 Å². The molecule has 0 fully saturated rings. The summed E-state index contributed by atoms with van der Waals surface area (Å²) >= 11 is 0. The van der Waals surface area contributed by atoms with Crippen molar-refractivity contribution in [2.24, 2.45) is 0 Å². The molecule has 1 aromatic carbocycles. The molecule has 3 amide bonds. The van der Waals surface area contributed by atoms with Crippen LogP contribution in [-0.4, -0.2) is 24.5 Å². The number of anilines is 1. The summed E-state index contributed by atoms with van der Waals surface area (Å²) < 4.78 is 4.94. The zero-order valence-electron chi connectivity index (χ0n) is 10.5. The standard InChI is InChI=1S/C13H14N2O4/c1-2-3-7-19-13(18)14-9-6-4-5-8-10(9)12(17)15-11(8)16/h4-6H,2-3,7H2,1H3,(H,14,18)(H,15,16,17). The van der Waals surface area contributed by atoms with Crippen molar-refractivity contribution in [3.8, 4) is 0 Å². The van der Waals surface area contributed by atoms with Crippen molar-refractivity contribution >= 4 is 23.6 Å². The van der Waals surface area contributed by atoms with Crippen molar-refractivity contribution in [2.45, 2.75) is 19.8 Å². The van der Waals surface area contributed by atoms with Gasteiger partial charge in [0.2, 0.25) is 0 Å². The summed E-state index contributed by atoms with van der Waals surface area (Å²) in [5.41, 5.74) is 0.721. The van der Waals surface area contributed by atoms with Gasteiger partial charge in [0.15, 0.2) is 0 Å². The van der Waals surface area contributed by atoms with Crippen molar-refractivity contribution in [1.29, 1.82) is 0 Å². The normalized spacial score (nSPS) is 12.9. The van der Waals surface area contributed by atoms with Gasteiger partial charge in [-0.2, -0.15) is 0 Å². The van der Waals surface area contributed by atoms with Gasteiger partial charge in [-0.1, -0.05) is 19.4 Å². The molecule has 6 heteroatoms. The Hall–Kier alpha value is -2.37. The second kappa shape index (κ2) is 5.51. The number of nitrogens with one attached hydrogen (secondary N) is 2. The molecule has 0 bridgehead atoms. The summed E-state index contributed by atoms with van der Waals surface area (Å²) in [7, 11) is 0. The van der Waals surface area contributed by atoms with E-state index in [1.54, 1.807) is 12.1 Å². The fourth-order valence-electron chi connectivity index (χ4n) is 1.78. The first kappa shape index (κ1) is 13.1. The minimum absolute atomic E-state index is 0.181. The summed E-state index contributed by atoms with van der Waals surface area (Å²) in [6.45, 7) is 2.31. The van der Waals surface area contributed by atoms with Crippen LogP contribution in [0.5, 0.6) is 0 Å². The van der Waals surface area contributed by atoms with Crippen LogP contribution in [0.15, 0.2) is 18.2 Å². The van der Waals surface area contributed by atoms with Gasteiger partial charge in [-0.15, -0.1) is 0 Å². The van der Waals surface area contributed by atoms with Crippen molar-refractivity contribution in [1.82, 2.24) is 5.32 Å². The van der Waals surface area contributed by atoms with Crippen LogP contribution in [0.4, 0.5) is 10.5 Å². The molecule has 0 atom stereocenters. The Bertz CT molecular complexity index is 539. The molecular formula is C13H14N2O4. The SMILES string of the molecule is CCCCOC(=O)Nc1cccc2c1C(=O)NC2=O. The van der Waals surface area contributed by atoms with Gasteiger partial charge < -0.3 is 4.74 Å². The molecule has 6 nitrogen and oxygen atoms in total. The Morgan fingerprint density at radius 1 is 1.32 bits per heavy atom. The van der Waals surface area contributed by atoms with Crippen molar-refractivity contribution in [3.63, 3.8) is 0 Å². The molecule has 19 heavy (non-hydrogen) atoms. The Morgan fingerprint density at radius 2 is 2.11 bits per heavy atom. The van der Waals surface area contributed by atoms with Crippen LogP contribution < -0.4 is 10.6 Å². The molecule has 2 N–H and O–H groups in total. The van der Waals surface area contributed by atoms with Gasteiger partial charge in [0.1, 0.15) is 0 Å². The molecule has 0 aromatic heterocycles. The van der Waals surface area contributed by atoms with Gasteiger partial charge in [0, 0.05) is 0 Å². The number of carbonyl (C=O) groups excluding carboxylic acids is 3. The topological polar surface area (TPSA) is 84.5 Å². The van der Waals surface area contributed by atoms with Crippen LogP contribution in [0.1, 0.15) is 40.5 Å². The second-order valence-corrected chi connectivity index (χ2v) is 4.13. The molecule has 1 aromatic rings. The average Bonchev–Trinajstić information content (AvgIpc) is 2.66. The quantitative estimate of drug-likeness (QED) is 0.641. The summed E-state index contributed by atoms with van der Waals surface area (Å²) in [6.07, 6.45) is 1.07. The van der Waals surface area contributed by atoms with Crippen molar-refractivity contribution in [2.75, 3.05) is 11.9 Å². The second-order valence-electron chi connectivity index (χ2n) is 4.13. The van der Waals surface area contributed by atoms with E-state index in [-0.39, 0.29) is 16.8 Å². The summed E-state index contributed by atoms with van der Waals surface area (Å²) in [6, 6.07) is 4.68. The number of fused-ring (bicyclic) bond motifs is 1. The number of unbranched alkanes of at least 4 members (excludes halogenated alkanes) is 1. The number of hydrogen-bond acceptors (Lipinski definition) is 4. The lowest BCUT2D eigenvalue weighted by atomic mass is 10.1. The van der Waals surface area contributed by atoms with Gasteiger partial charge in [0.05, 0.1) is 23.4 Å². The van der Waals surface area contributed by atoms with E-state index in [1.807, 2.05) is 6.92 Å². The van der Waals surface area contributed by atoms with Crippen LogP contribution in [0, 0.1) is 0 Å².